The lowest BCUT2D eigenvalue weighted by Crippen LogP contribution is -2.49. The Morgan fingerprint density at radius 1 is 0.742 bits per heavy atom. The highest BCUT2D eigenvalue weighted by Gasteiger charge is 2.35. The van der Waals surface area contributed by atoms with Crippen LogP contribution in [0.15, 0.2) is 78.9 Å². The topological polar surface area (TPSA) is 55.2 Å². The molecule has 4 nitrogen and oxygen atoms in total. The van der Waals surface area contributed by atoms with Crippen LogP contribution in [0, 0.1) is 0 Å². The van der Waals surface area contributed by atoms with Crippen molar-refractivity contribution in [3.63, 3.8) is 0 Å². The van der Waals surface area contributed by atoms with Crippen LogP contribution in [-0.2, 0) is 4.65 Å². The zero-order valence-electron chi connectivity index (χ0n) is 18.3. The van der Waals surface area contributed by atoms with Crippen molar-refractivity contribution in [2.24, 2.45) is 0 Å². The zero-order chi connectivity index (χ0) is 22.1. The Morgan fingerprint density at radius 3 is 2.06 bits per heavy atom. The van der Waals surface area contributed by atoms with E-state index in [9.17, 15) is 5.11 Å². The third-order valence-corrected chi connectivity index (χ3v) is 5.78. The summed E-state index contributed by atoms with van der Waals surface area (Å²) < 4.78 is 5.87. The smallest absolute Gasteiger partial charge is 0.330 e. The van der Waals surface area contributed by atoms with Crippen molar-refractivity contribution in [2.45, 2.75) is 38.9 Å². The molecule has 0 atom stereocenters. The van der Waals surface area contributed by atoms with Crippen molar-refractivity contribution in [2.75, 3.05) is 0 Å². The number of rotatable bonds is 6. The third kappa shape index (κ3) is 4.53. The molecular formula is C26H26BN2O2. The molecule has 4 rings (SSSR count). The van der Waals surface area contributed by atoms with Gasteiger partial charge in [-0.2, -0.15) is 0 Å². The Balaban J connectivity index is 1.67. The molecule has 31 heavy (non-hydrogen) atoms. The first-order valence-corrected chi connectivity index (χ1v) is 10.4. The zero-order valence-corrected chi connectivity index (χ0v) is 18.3. The molecule has 1 heterocycles. The molecule has 1 aromatic heterocycles. The van der Waals surface area contributed by atoms with Gasteiger partial charge in [0.1, 0.15) is 0 Å². The molecule has 1 N–H and O–H groups in total. The summed E-state index contributed by atoms with van der Waals surface area (Å²) in [6, 6.07) is 26.1. The summed E-state index contributed by atoms with van der Waals surface area (Å²) in [7, 11) is 1.69. The van der Waals surface area contributed by atoms with Crippen LogP contribution in [0.25, 0.3) is 33.5 Å². The molecule has 4 aromatic rings. The molecule has 0 spiro atoms. The van der Waals surface area contributed by atoms with Crippen LogP contribution in [0.5, 0.6) is 0 Å². The molecule has 0 saturated heterocycles. The van der Waals surface area contributed by atoms with Gasteiger partial charge in [-0.3, -0.25) is 0 Å². The van der Waals surface area contributed by atoms with Crippen LogP contribution in [0.4, 0.5) is 0 Å². The first kappa shape index (κ1) is 21.2. The van der Waals surface area contributed by atoms with E-state index in [1.165, 1.54) is 0 Å². The normalized spacial score (nSPS) is 12.2. The molecule has 0 aliphatic carbocycles. The Morgan fingerprint density at radius 2 is 1.39 bits per heavy atom. The van der Waals surface area contributed by atoms with Gasteiger partial charge in [-0.1, -0.05) is 78.3 Å². The second-order valence-electron chi connectivity index (χ2n) is 8.71. The van der Waals surface area contributed by atoms with E-state index in [0.717, 1.165) is 33.2 Å². The number of fused-ring (bicyclic) bond motifs is 1. The Kier molecular flexibility index (Phi) is 5.65. The highest BCUT2D eigenvalue weighted by Crippen LogP contribution is 2.29. The lowest BCUT2D eigenvalue weighted by molar-refractivity contribution is -0.0893. The molecule has 0 aliphatic heterocycles. The lowest BCUT2D eigenvalue weighted by Gasteiger charge is -2.37. The minimum atomic E-state index is -0.961. The largest absolute Gasteiger partial charge is 0.427 e. The van der Waals surface area contributed by atoms with E-state index >= 15 is 0 Å². The van der Waals surface area contributed by atoms with Crippen LogP contribution >= 0.6 is 0 Å². The average Bonchev–Trinajstić information content (AvgIpc) is 2.77. The highest BCUT2D eigenvalue weighted by molar-refractivity contribution is 6.47. The Bertz CT molecular complexity index is 1180. The van der Waals surface area contributed by atoms with Gasteiger partial charge in [0.25, 0.3) is 0 Å². The summed E-state index contributed by atoms with van der Waals surface area (Å²) in [5.41, 5.74) is 3.06. The van der Waals surface area contributed by atoms with Gasteiger partial charge >= 0.3 is 7.48 Å². The SMILES string of the molecule is CC(C)(O)C(C)(C)O[B]c1ccc(-c2nc(-c3ccccc3)nc3ccccc23)cc1. The molecule has 0 aliphatic rings. The first-order chi connectivity index (χ1) is 14.7. The number of benzene rings is 3. The van der Waals surface area contributed by atoms with Gasteiger partial charge in [-0.15, -0.1) is 0 Å². The van der Waals surface area contributed by atoms with E-state index in [1.807, 2.05) is 86.6 Å². The van der Waals surface area contributed by atoms with E-state index in [4.69, 9.17) is 14.6 Å². The van der Waals surface area contributed by atoms with E-state index in [-0.39, 0.29) is 0 Å². The van der Waals surface area contributed by atoms with E-state index in [2.05, 4.69) is 6.07 Å². The van der Waals surface area contributed by atoms with Gasteiger partial charge in [-0.05, 0) is 33.8 Å². The van der Waals surface area contributed by atoms with Crippen molar-refractivity contribution in [1.29, 1.82) is 0 Å². The van der Waals surface area contributed by atoms with E-state index in [1.54, 1.807) is 21.3 Å². The van der Waals surface area contributed by atoms with Gasteiger partial charge in [0.05, 0.1) is 22.4 Å². The molecule has 1 radical (unpaired) electrons. The monoisotopic (exact) mass is 409 g/mol. The Hall–Kier alpha value is -3.02. The molecule has 0 bridgehead atoms. The fourth-order valence-corrected chi connectivity index (χ4v) is 3.09. The van der Waals surface area contributed by atoms with Gasteiger partial charge < -0.3 is 9.76 Å². The third-order valence-electron chi connectivity index (χ3n) is 5.78. The summed E-state index contributed by atoms with van der Waals surface area (Å²) in [5.74, 6) is 0.709. The van der Waals surface area contributed by atoms with Gasteiger partial charge in [0.15, 0.2) is 5.82 Å². The maximum Gasteiger partial charge on any atom is 0.330 e. The summed E-state index contributed by atoms with van der Waals surface area (Å²) in [4.78, 5) is 9.67. The van der Waals surface area contributed by atoms with Crippen molar-refractivity contribution < 1.29 is 9.76 Å². The maximum atomic E-state index is 10.3. The fourth-order valence-electron chi connectivity index (χ4n) is 3.09. The maximum absolute atomic E-state index is 10.3. The molecule has 0 amide bonds. The van der Waals surface area contributed by atoms with E-state index < -0.39 is 11.2 Å². The van der Waals surface area contributed by atoms with Crippen LogP contribution in [0.1, 0.15) is 27.7 Å². The predicted octanol–water partition coefficient (Wildman–Crippen LogP) is 4.77. The molecule has 5 heteroatoms. The van der Waals surface area contributed by atoms with Crippen molar-refractivity contribution in [1.82, 2.24) is 9.97 Å². The van der Waals surface area contributed by atoms with E-state index in [0.29, 0.717) is 5.82 Å². The minimum Gasteiger partial charge on any atom is -0.427 e. The highest BCUT2D eigenvalue weighted by atomic mass is 16.5. The fraction of sp³-hybridized carbons (Fsp3) is 0.231. The van der Waals surface area contributed by atoms with Crippen molar-refractivity contribution in [3.8, 4) is 22.6 Å². The van der Waals surface area contributed by atoms with Crippen LogP contribution in [-0.4, -0.2) is 33.8 Å². The quantitative estimate of drug-likeness (QED) is 0.466. The van der Waals surface area contributed by atoms with Crippen LogP contribution in [0.3, 0.4) is 0 Å². The van der Waals surface area contributed by atoms with Crippen LogP contribution in [0.2, 0.25) is 0 Å². The summed E-state index contributed by atoms with van der Waals surface area (Å²) >= 11 is 0. The number of para-hydroxylation sites is 1. The molecular weight excluding hydrogens is 383 g/mol. The second-order valence-corrected chi connectivity index (χ2v) is 8.71. The molecule has 0 fully saturated rings. The molecule has 3 aromatic carbocycles. The number of aromatic nitrogens is 2. The lowest BCUT2D eigenvalue weighted by atomic mass is 9.82. The number of hydrogen-bond donors (Lipinski definition) is 1. The van der Waals surface area contributed by atoms with Gasteiger partial charge in [0.2, 0.25) is 0 Å². The first-order valence-electron chi connectivity index (χ1n) is 10.4. The van der Waals surface area contributed by atoms with Crippen molar-refractivity contribution in [3.05, 3.63) is 78.9 Å². The van der Waals surface area contributed by atoms with Gasteiger partial charge in [-0.25, -0.2) is 9.97 Å². The molecule has 0 saturated carbocycles. The molecule has 155 valence electrons. The number of hydrogen-bond acceptors (Lipinski definition) is 4. The predicted molar refractivity (Wildman–Crippen MR) is 127 cm³/mol. The average molecular weight is 409 g/mol. The second kappa shape index (κ2) is 8.25. The Labute approximate surface area is 184 Å². The van der Waals surface area contributed by atoms with Crippen LogP contribution < -0.4 is 5.46 Å². The number of aliphatic hydroxyl groups is 1. The standard InChI is InChI=1S/C26H26BN2O2/c1-25(2,30)26(3,4)31-27-20-16-14-18(15-17-20)23-21-12-8-9-13-22(21)28-24(29-23)19-10-6-5-7-11-19/h5-17,30H,1-4H3. The van der Waals surface area contributed by atoms with Crippen molar-refractivity contribution >= 4 is 23.8 Å². The summed E-state index contributed by atoms with van der Waals surface area (Å²) in [5, 5.41) is 11.3. The summed E-state index contributed by atoms with van der Waals surface area (Å²) in [6.07, 6.45) is 0. The summed E-state index contributed by atoms with van der Waals surface area (Å²) in [6.45, 7) is 7.23. The minimum absolute atomic E-state index is 0.709. The van der Waals surface area contributed by atoms with Gasteiger partial charge in [0, 0.05) is 16.5 Å². The number of nitrogens with zero attached hydrogens (tertiary/aromatic N) is 2. The molecule has 0 unspecified atom stereocenters.